The number of rotatable bonds is 4. The average Bonchev–Trinajstić information content (AvgIpc) is 3.15. The van der Waals surface area contributed by atoms with Crippen LogP contribution < -0.4 is 5.73 Å². The maximum Gasteiger partial charge on any atom is 0.265 e. The first-order valence-electron chi connectivity index (χ1n) is 7.34. The van der Waals surface area contributed by atoms with Gasteiger partial charge in [-0.25, -0.2) is 9.97 Å². The molecule has 2 N–H and O–H groups in total. The van der Waals surface area contributed by atoms with Crippen molar-refractivity contribution in [1.82, 2.24) is 19.8 Å². The molecule has 2 aromatic heterocycles. The lowest BCUT2D eigenvalue weighted by Gasteiger charge is -2.24. The minimum absolute atomic E-state index is 0.0149. The second kappa shape index (κ2) is 6.82. The maximum atomic E-state index is 12.5. The Morgan fingerprint density at radius 1 is 1.57 bits per heavy atom. The van der Waals surface area contributed by atoms with E-state index >= 15 is 0 Å². The zero-order chi connectivity index (χ0) is 16.4. The summed E-state index contributed by atoms with van der Waals surface area (Å²) in [5.74, 6) is 1.18. The fraction of sp³-hybridized carbons (Fsp3) is 0.400. The number of anilines is 1. The van der Waals surface area contributed by atoms with Crippen LogP contribution in [0.15, 0.2) is 23.7 Å². The van der Waals surface area contributed by atoms with E-state index in [1.807, 2.05) is 17.3 Å². The Bertz CT molecular complexity index is 707. The van der Waals surface area contributed by atoms with Gasteiger partial charge in [0, 0.05) is 25.3 Å². The van der Waals surface area contributed by atoms with Crippen LogP contribution in [0.1, 0.15) is 21.9 Å². The highest BCUT2D eigenvalue weighted by Gasteiger charge is 2.30. The van der Waals surface area contributed by atoms with E-state index in [1.54, 1.807) is 18.3 Å². The molecule has 0 aromatic carbocycles. The summed E-state index contributed by atoms with van der Waals surface area (Å²) in [6.07, 6.45) is 2.59. The third kappa shape index (κ3) is 3.63. The topological polar surface area (TPSA) is 75.4 Å². The van der Waals surface area contributed by atoms with Gasteiger partial charge in [-0.1, -0.05) is 11.6 Å². The molecule has 6 nitrogen and oxygen atoms in total. The first-order valence-corrected chi connectivity index (χ1v) is 8.60. The Morgan fingerprint density at radius 3 is 3.09 bits per heavy atom. The van der Waals surface area contributed by atoms with Crippen LogP contribution in [0.5, 0.6) is 0 Å². The number of hydrogen-bond donors (Lipinski definition) is 1. The van der Waals surface area contributed by atoms with Crippen molar-refractivity contribution >= 4 is 34.7 Å². The fourth-order valence-corrected chi connectivity index (χ4v) is 3.82. The standard InChI is InChI=1S/C15H18ClN5OS/c1-20(9-13-18-5-2-12(17)19-13)10-3-6-21(8-10)15(22)14-11(16)4-7-23-14/h2,4-5,7,10H,3,6,8-9H2,1H3,(H2,17,18,19). The molecule has 1 saturated heterocycles. The van der Waals surface area contributed by atoms with Crippen molar-refractivity contribution in [2.24, 2.45) is 0 Å². The first-order chi connectivity index (χ1) is 11.0. The van der Waals surface area contributed by atoms with Gasteiger partial charge in [0.1, 0.15) is 16.5 Å². The van der Waals surface area contributed by atoms with Gasteiger partial charge in [-0.2, -0.15) is 0 Å². The summed E-state index contributed by atoms with van der Waals surface area (Å²) in [4.78, 5) is 25.6. The van der Waals surface area contributed by atoms with E-state index in [1.165, 1.54) is 11.3 Å². The van der Waals surface area contributed by atoms with E-state index in [9.17, 15) is 4.79 Å². The number of hydrogen-bond acceptors (Lipinski definition) is 6. The molecule has 1 amide bonds. The minimum Gasteiger partial charge on any atom is -0.384 e. The van der Waals surface area contributed by atoms with Crippen molar-refractivity contribution < 1.29 is 4.79 Å². The molecule has 23 heavy (non-hydrogen) atoms. The number of thiophene rings is 1. The zero-order valence-electron chi connectivity index (χ0n) is 12.8. The van der Waals surface area contributed by atoms with Crippen molar-refractivity contribution in [1.29, 1.82) is 0 Å². The van der Waals surface area contributed by atoms with Crippen LogP contribution in [-0.2, 0) is 6.54 Å². The van der Waals surface area contributed by atoms with Gasteiger partial charge in [-0.15, -0.1) is 11.3 Å². The van der Waals surface area contributed by atoms with Crippen molar-refractivity contribution in [3.8, 4) is 0 Å². The number of amides is 1. The summed E-state index contributed by atoms with van der Waals surface area (Å²) in [5.41, 5.74) is 5.68. The Kier molecular flexibility index (Phi) is 4.79. The summed E-state index contributed by atoms with van der Waals surface area (Å²) >= 11 is 7.45. The van der Waals surface area contributed by atoms with E-state index in [0.717, 1.165) is 13.0 Å². The molecule has 1 fully saturated rings. The van der Waals surface area contributed by atoms with Gasteiger partial charge in [-0.05, 0) is 31.0 Å². The maximum absolute atomic E-state index is 12.5. The van der Waals surface area contributed by atoms with Gasteiger partial charge in [-0.3, -0.25) is 9.69 Å². The highest BCUT2D eigenvalue weighted by atomic mass is 35.5. The molecular formula is C15H18ClN5OS. The van der Waals surface area contributed by atoms with Crippen molar-refractivity contribution in [3.63, 3.8) is 0 Å². The fourth-order valence-electron chi connectivity index (χ4n) is 2.72. The molecule has 8 heteroatoms. The summed E-state index contributed by atoms with van der Waals surface area (Å²) in [7, 11) is 2.02. The number of likely N-dealkylation sites (tertiary alicyclic amines) is 1. The molecule has 3 rings (SSSR count). The number of aromatic nitrogens is 2. The van der Waals surface area contributed by atoms with Gasteiger partial charge in [0.05, 0.1) is 11.6 Å². The summed E-state index contributed by atoms with van der Waals surface area (Å²) in [6, 6.07) is 3.71. The average molecular weight is 352 g/mol. The van der Waals surface area contributed by atoms with Crippen LogP contribution in [0.3, 0.4) is 0 Å². The van der Waals surface area contributed by atoms with Gasteiger partial charge >= 0.3 is 0 Å². The number of halogens is 1. The normalized spacial score (nSPS) is 17.9. The molecule has 0 saturated carbocycles. The van der Waals surface area contributed by atoms with E-state index in [-0.39, 0.29) is 11.9 Å². The predicted octanol–water partition coefficient (Wildman–Crippen LogP) is 2.12. The molecule has 1 unspecified atom stereocenters. The molecule has 1 aliphatic rings. The molecule has 0 spiro atoms. The molecule has 0 aliphatic carbocycles. The predicted molar refractivity (Wildman–Crippen MR) is 91.5 cm³/mol. The van der Waals surface area contributed by atoms with Crippen LogP contribution >= 0.6 is 22.9 Å². The molecule has 1 atom stereocenters. The van der Waals surface area contributed by atoms with Crippen LogP contribution in [-0.4, -0.2) is 51.9 Å². The summed E-state index contributed by atoms with van der Waals surface area (Å²) < 4.78 is 0. The molecule has 122 valence electrons. The number of carbonyl (C=O) groups is 1. The van der Waals surface area contributed by atoms with Gasteiger partial charge in [0.15, 0.2) is 0 Å². The van der Waals surface area contributed by atoms with Crippen LogP contribution in [0.4, 0.5) is 5.82 Å². The SMILES string of the molecule is CN(Cc1nccc(N)n1)C1CCN(C(=O)c2sccc2Cl)C1. The van der Waals surface area contributed by atoms with Gasteiger partial charge in [0.25, 0.3) is 5.91 Å². The number of nitrogens with zero attached hydrogens (tertiary/aromatic N) is 4. The van der Waals surface area contributed by atoms with Crippen molar-refractivity contribution in [3.05, 3.63) is 39.4 Å². The first kappa shape index (κ1) is 16.2. The van der Waals surface area contributed by atoms with Gasteiger partial charge in [0.2, 0.25) is 0 Å². The molecule has 3 heterocycles. The van der Waals surface area contributed by atoms with Crippen LogP contribution in [0.25, 0.3) is 0 Å². The zero-order valence-corrected chi connectivity index (χ0v) is 14.3. The highest BCUT2D eigenvalue weighted by molar-refractivity contribution is 7.12. The molecule has 0 bridgehead atoms. The molecule has 2 aromatic rings. The number of nitrogens with two attached hydrogens (primary N) is 1. The summed E-state index contributed by atoms with van der Waals surface area (Å²) in [5, 5.41) is 2.37. The molecule has 1 aliphatic heterocycles. The summed E-state index contributed by atoms with van der Waals surface area (Å²) in [6.45, 7) is 2.03. The van der Waals surface area contributed by atoms with E-state index in [0.29, 0.717) is 34.6 Å². The lowest BCUT2D eigenvalue weighted by molar-refractivity contribution is 0.0784. The van der Waals surface area contributed by atoms with Crippen LogP contribution in [0, 0.1) is 0 Å². The largest absolute Gasteiger partial charge is 0.384 e. The van der Waals surface area contributed by atoms with Crippen LogP contribution in [0.2, 0.25) is 5.02 Å². The third-order valence-corrected chi connectivity index (χ3v) is 5.33. The Balaban J connectivity index is 1.61. The third-order valence-electron chi connectivity index (χ3n) is 4.00. The second-order valence-electron chi connectivity index (χ2n) is 5.60. The highest BCUT2D eigenvalue weighted by Crippen LogP contribution is 2.26. The van der Waals surface area contributed by atoms with E-state index < -0.39 is 0 Å². The lowest BCUT2D eigenvalue weighted by atomic mass is 10.2. The smallest absolute Gasteiger partial charge is 0.265 e. The monoisotopic (exact) mass is 351 g/mol. The van der Waals surface area contributed by atoms with Crippen molar-refractivity contribution in [2.75, 3.05) is 25.9 Å². The van der Waals surface area contributed by atoms with Crippen molar-refractivity contribution in [2.45, 2.75) is 19.0 Å². The van der Waals surface area contributed by atoms with Gasteiger partial charge < -0.3 is 10.6 Å². The quantitative estimate of drug-likeness (QED) is 0.913. The van der Waals surface area contributed by atoms with E-state index in [4.69, 9.17) is 17.3 Å². The number of carbonyl (C=O) groups excluding carboxylic acids is 1. The molecule has 0 radical (unpaired) electrons. The Hall–Kier alpha value is -1.70. The number of likely N-dealkylation sites (N-methyl/N-ethyl adjacent to an activating group) is 1. The number of nitrogen functional groups attached to an aromatic ring is 1. The Morgan fingerprint density at radius 2 is 2.39 bits per heavy atom. The Labute approximate surface area is 143 Å². The minimum atomic E-state index is 0.0149. The lowest BCUT2D eigenvalue weighted by Crippen LogP contribution is -2.36. The molecular weight excluding hydrogens is 334 g/mol. The second-order valence-corrected chi connectivity index (χ2v) is 6.93. The van der Waals surface area contributed by atoms with E-state index in [2.05, 4.69) is 14.9 Å².